The van der Waals surface area contributed by atoms with Crippen molar-refractivity contribution in [3.63, 3.8) is 0 Å². The molecule has 1 aliphatic rings. The first-order valence-corrected chi connectivity index (χ1v) is 10.8. The summed E-state index contributed by atoms with van der Waals surface area (Å²) in [6.07, 6.45) is 1.66. The normalized spacial score (nSPS) is 16.4. The Morgan fingerprint density at radius 3 is 2.71 bits per heavy atom. The van der Waals surface area contributed by atoms with Gasteiger partial charge >= 0.3 is 5.69 Å². The van der Waals surface area contributed by atoms with E-state index < -0.39 is 0 Å². The van der Waals surface area contributed by atoms with Crippen LogP contribution < -0.4 is 10.4 Å². The van der Waals surface area contributed by atoms with Crippen molar-refractivity contribution >= 4 is 29.1 Å². The molecule has 162 valence electrons. The predicted molar refractivity (Wildman–Crippen MR) is 119 cm³/mol. The van der Waals surface area contributed by atoms with Gasteiger partial charge in [-0.3, -0.25) is 4.79 Å². The zero-order chi connectivity index (χ0) is 22.0. The number of piperidine rings is 1. The van der Waals surface area contributed by atoms with Gasteiger partial charge in [0.15, 0.2) is 6.61 Å². The molecule has 0 aliphatic carbocycles. The fourth-order valence-electron chi connectivity index (χ4n) is 3.81. The smallest absolute Gasteiger partial charge is 0.350 e. The third kappa shape index (κ3) is 4.62. The molecule has 9 heteroatoms. The molecule has 0 saturated carbocycles. The molecule has 0 bridgehead atoms. The van der Waals surface area contributed by atoms with Gasteiger partial charge in [0, 0.05) is 31.1 Å². The van der Waals surface area contributed by atoms with E-state index in [2.05, 4.69) is 5.10 Å². The lowest BCUT2D eigenvalue weighted by Gasteiger charge is -2.32. The standard InChI is InChI=1S/C22H22Cl2N4O3/c1-26-22(30)28(17-7-3-2-4-8-17)21(25-26)15-6-5-11-27(13-15)20(29)14-31-19-10-9-16(23)12-18(19)24/h2-4,7-10,12,15H,5-6,11,13-14H2,1H3. The Morgan fingerprint density at radius 2 is 1.97 bits per heavy atom. The zero-order valence-electron chi connectivity index (χ0n) is 17.0. The Labute approximate surface area is 189 Å². The Kier molecular flexibility index (Phi) is 6.34. The number of rotatable bonds is 5. The van der Waals surface area contributed by atoms with Crippen LogP contribution in [0, 0.1) is 0 Å². The molecule has 31 heavy (non-hydrogen) atoms. The number of amides is 1. The quantitative estimate of drug-likeness (QED) is 0.582. The maximum absolute atomic E-state index is 12.8. The summed E-state index contributed by atoms with van der Waals surface area (Å²) in [5.41, 5.74) is 0.560. The van der Waals surface area contributed by atoms with Crippen molar-refractivity contribution in [3.8, 4) is 11.4 Å². The van der Waals surface area contributed by atoms with Crippen molar-refractivity contribution < 1.29 is 9.53 Å². The molecule has 2 aromatic carbocycles. The number of likely N-dealkylation sites (tertiary alicyclic amines) is 1. The minimum atomic E-state index is -0.203. The van der Waals surface area contributed by atoms with Crippen LogP contribution in [0.4, 0.5) is 0 Å². The molecular formula is C22H22Cl2N4O3. The molecule has 1 atom stereocenters. The molecule has 1 amide bonds. The van der Waals surface area contributed by atoms with Crippen LogP contribution in [0.2, 0.25) is 10.0 Å². The van der Waals surface area contributed by atoms with Crippen LogP contribution >= 0.6 is 23.2 Å². The van der Waals surface area contributed by atoms with Gasteiger partial charge in [0.25, 0.3) is 5.91 Å². The fourth-order valence-corrected chi connectivity index (χ4v) is 4.27. The van der Waals surface area contributed by atoms with Gasteiger partial charge in [-0.15, -0.1) is 0 Å². The summed E-state index contributed by atoms with van der Waals surface area (Å²) in [6.45, 7) is 0.983. The fraction of sp³-hybridized carbons (Fsp3) is 0.318. The first kappa shape index (κ1) is 21.5. The van der Waals surface area contributed by atoms with Crippen molar-refractivity contribution in [2.75, 3.05) is 19.7 Å². The minimum Gasteiger partial charge on any atom is -0.482 e. The number of hydrogen-bond donors (Lipinski definition) is 0. The van der Waals surface area contributed by atoms with Crippen LogP contribution in [0.15, 0.2) is 53.3 Å². The van der Waals surface area contributed by atoms with E-state index >= 15 is 0 Å². The van der Waals surface area contributed by atoms with E-state index in [-0.39, 0.29) is 24.1 Å². The molecule has 0 radical (unpaired) electrons. The van der Waals surface area contributed by atoms with Gasteiger partial charge in [0.2, 0.25) is 0 Å². The van der Waals surface area contributed by atoms with Crippen LogP contribution in [-0.4, -0.2) is 44.9 Å². The van der Waals surface area contributed by atoms with Gasteiger partial charge in [-0.1, -0.05) is 41.4 Å². The molecule has 7 nitrogen and oxygen atoms in total. The third-order valence-corrected chi connectivity index (χ3v) is 5.88. The number of para-hydroxylation sites is 1. The van der Waals surface area contributed by atoms with Crippen LogP contribution in [0.3, 0.4) is 0 Å². The predicted octanol–water partition coefficient (Wildman–Crippen LogP) is 3.66. The summed E-state index contributed by atoms with van der Waals surface area (Å²) >= 11 is 12.0. The topological polar surface area (TPSA) is 69.4 Å². The van der Waals surface area contributed by atoms with E-state index in [1.807, 2.05) is 30.3 Å². The average molecular weight is 461 g/mol. The molecule has 1 saturated heterocycles. The zero-order valence-corrected chi connectivity index (χ0v) is 18.5. The molecule has 1 fully saturated rings. The van der Waals surface area contributed by atoms with Crippen molar-refractivity contribution in [3.05, 3.63) is 74.9 Å². The first-order chi connectivity index (χ1) is 14.9. The molecular weight excluding hydrogens is 439 g/mol. The molecule has 1 unspecified atom stereocenters. The number of carbonyl (C=O) groups is 1. The summed E-state index contributed by atoms with van der Waals surface area (Å²) in [6, 6.07) is 14.3. The van der Waals surface area contributed by atoms with Crippen LogP contribution in [0.1, 0.15) is 24.6 Å². The number of aryl methyl sites for hydroxylation is 1. The average Bonchev–Trinajstić information content (AvgIpc) is 3.08. The first-order valence-electron chi connectivity index (χ1n) is 10.0. The van der Waals surface area contributed by atoms with E-state index in [4.69, 9.17) is 27.9 Å². The van der Waals surface area contributed by atoms with E-state index in [9.17, 15) is 9.59 Å². The number of aromatic nitrogens is 3. The van der Waals surface area contributed by atoms with Gasteiger partial charge < -0.3 is 9.64 Å². The van der Waals surface area contributed by atoms with E-state index in [0.29, 0.717) is 34.7 Å². The molecule has 0 spiro atoms. The van der Waals surface area contributed by atoms with Gasteiger partial charge in [0.1, 0.15) is 11.6 Å². The highest BCUT2D eigenvalue weighted by Crippen LogP contribution is 2.29. The number of hydrogen-bond acceptors (Lipinski definition) is 4. The lowest BCUT2D eigenvalue weighted by molar-refractivity contribution is -0.134. The Hall–Kier alpha value is -2.77. The molecule has 3 aromatic rings. The van der Waals surface area contributed by atoms with E-state index in [0.717, 1.165) is 18.5 Å². The highest BCUT2D eigenvalue weighted by molar-refractivity contribution is 6.35. The highest BCUT2D eigenvalue weighted by Gasteiger charge is 2.30. The number of carbonyl (C=O) groups excluding carboxylic acids is 1. The summed E-state index contributed by atoms with van der Waals surface area (Å²) < 4.78 is 8.58. The highest BCUT2D eigenvalue weighted by atomic mass is 35.5. The molecule has 4 rings (SSSR count). The van der Waals surface area contributed by atoms with Crippen LogP contribution in [-0.2, 0) is 11.8 Å². The molecule has 2 heterocycles. The van der Waals surface area contributed by atoms with Crippen molar-refractivity contribution in [2.45, 2.75) is 18.8 Å². The van der Waals surface area contributed by atoms with E-state index in [1.54, 1.807) is 34.7 Å². The largest absolute Gasteiger partial charge is 0.482 e. The Balaban J connectivity index is 1.50. The Morgan fingerprint density at radius 1 is 1.19 bits per heavy atom. The number of ether oxygens (including phenoxy) is 1. The number of halogens is 2. The maximum Gasteiger partial charge on any atom is 0.350 e. The second-order valence-corrected chi connectivity index (χ2v) is 8.32. The van der Waals surface area contributed by atoms with Gasteiger partial charge in [0.05, 0.1) is 10.7 Å². The second-order valence-electron chi connectivity index (χ2n) is 7.48. The van der Waals surface area contributed by atoms with Crippen LogP contribution in [0.25, 0.3) is 5.69 Å². The van der Waals surface area contributed by atoms with Gasteiger partial charge in [-0.2, -0.15) is 5.10 Å². The van der Waals surface area contributed by atoms with Gasteiger partial charge in [-0.05, 0) is 43.2 Å². The van der Waals surface area contributed by atoms with Crippen molar-refractivity contribution in [1.82, 2.24) is 19.2 Å². The Bertz CT molecular complexity index is 1140. The lowest BCUT2D eigenvalue weighted by atomic mass is 9.97. The van der Waals surface area contributed by atoms with Crippen molar-refractivity contribution in [1.29, 1.82) is 0 Å². The monoisotopic (exact) mass is 460 g/mol. The molecule has 1 aromatic heterocycles. The maximum atomic E-state index is 12.8. The van der Waals surface area contributed by atoms with Crippen molar-refractivity contribution in [2.24, 2.45) is 7.05 Å². The lowest BCUT2D eigenvalue weighted by Crippen LogP contribution is -2.42. The van der Waals surface area contributed by atoms with Crippen LogP contribution in [0.5, 0.6) is 5.75 Å². The summed E-state index contributed by atoms with van der Waals surface area (Å²) in [7, 11) is 1.64. The van der Waals surface area contributed by atoms with Gasteiger partial charge in [-0.25, -0.2) is 14.0 Å². The minimum absolute atomic E-state index is 0.0501. The van der Waals surface area contributed by atoms with E-state index in [1.165, 1.54) is 4.68 Å². The molecule has 1 aliphatic heterocycles. The summed E-state index contributed by atoms with van der Waals surface area (Å²) in [5, 5.41) is 5.35. The third-order valence-electron chi connectivity index (χ3n) is 5.35. The summed E-state index contributed by atoms with van der Waals surface area (Å²) in [5.74, 6) is 0.889. The number of benzene rings is 2. The SMILES string of the molecule is Cn1nc(C2CCCN(C(=O)COc3ccc(Cl)cc3Cl)C2)n(-c2ccccc2)c1=O. The second kappa shape index (κ2) is 9.16. The summed E-state index contributed by atoms with van der Waals surface area (Å²) in [4.78, 5) is 27.3. The number of nitrogens with zero attached hydrogens (tertiary/aromatic N) is 4. The molecule has 0 N–H and O–H groups in total.